The number of hydrogen-bond acceptors (Lipinski definition) is 1. The van der Waals surface area contributed by atoms with Gasteiger partial charge in [0.2, 0.25) is 0 Å². The van der Waals surface area contributed by atoms with Gasteiger partial charge in [-0.05, 0) is 102 Å². The lowest BCUT2D eigenvalue weighted by atomic mass is 9.73. The average molecular weight is 608 g/mol. The Morgan fingerprint density at radius 1 is 0.333 bits per heavy atom. The maximum Gasteiger partial charge on any atom is 0.0738 e. The first kappa shape index (κ1) is 25.9. The number of benzene rings is 8. The fourth-order valence-corrected chi connectivity index (χ4v) is 9.24. The van der Waals surface area contributed by atoms with Gasteiger partial charge in [0, 0.05) is 16.9 Å². The number of fused-ring (bicyclic) bond motifs is 6. The Hall–Kier alpha value is -6.18. The number of nitrogens with zero attached hydrogens (tertiary/aromatic N) is 1. The molecule has 0 fully saturated rings. The summed E-state index contributed by atoms with van der Waals surface area (Å²) in [4.78, 5) is 2.46. The number of anilines is 3. The van der Waals surface area contributed by atoms with E-state index in [-0.39, 0.29) is 5.41 Å². The SMILES string of the molecule is c1ccc(N(c2ccc3c(c2)C24c5ccccc5-c5cccc(c52)-c2cccc-3c24)c2ccccc2-c2cccc3ccccc23)cc1. The predicted molar refractivity (Wildman–Crippen MR) is 199 cm³/mol. The van der Waals surface area contributed by atoms with Crippen LogP contribution in [0, 0.1) is 0 Å². The van der Waals surface area contributed by atoms with Crippen molar-refractivity contribution in [1.82, 2.24) is 0 Å². The molecule has 0 N–H and O–H groups in total. The summed E-state index contributed by atoms with van der Waals surface area (Å²) in [5.74, 6) is 0. The van der Waals surface area contributed by atoms with Crippen LogP contribution < -0.4 is 4.90 Å². The first-order chi connectivity index (χ1) is 23.8. The first-order valence-corrected chi connectivity index (χ1v) is 16.8. The van der Waals surface area contributed by atoms with E-state index in [4.69, 9.17) is 0 Å². The van der Waals surface area contributed by atoms with Crippen molar-refractivity contribution in [2.24, 2.45) is 0 Å². The Morgan fingerprint density at radius 2 is 0.875 bits per heavy atom. The molecule has 0 aliphatic heterocycles. The van der Waals surface area contributed by atoms with Gasteiger partial charge in [0.25, 0.3) is 0 Å². The molecule has 1 nitrogen and oxygen atoms in total. The topological polar surface area (TPSA) is 3.24 Å². The van der Waals surface area contributed by atoms with Crippen LogP contribution in [0.15, 0.2) is 176 Å². The third-order valence-electron chi connectivity index (χ3n) is 11.0. The zero-order valence-corrected chi connectivity index (χ0v) is 26.2. The standard InChI is InChI=1S/C47H29N/c1-2-15-31(16-3-1)48(44-26-9-7-19-37(44)34-20-10-14-30-13-4-5-17-33(30)34)32-27-28-36-39-22-12-24-41-40-23-11-21-38-35-18-6-8-25-42(35)47(45(38)40,46(39)41)43(36)29-32/h1-29H. The molecule has 0 radical (unpaired) electrons. The van der Waals surface area contributed by atoms with Crippen LogP contribution in [0.2, 0.25) is 0 Å². The van der Waals surface area contributed by atoms with E-state index < -0.39 is 0 Å². The van der Waals surface area contributed by atoms with Crippen molar-refractivity contribution in [3.05, 3.63) is 198 Å². The van der Waals surface area contributed by atoms with E-state index in [2.05, 4.69) is 181 Å². The highest BCUT2D eigenvalue weighted by atomic mass is 15.1. The fraction of sp³-hybridized carbons (Fsp3) is 0.0213. The van der Waals surface area contributed by atoms with Gasteiger partial charge in [0.05, 0.1) is 11.1 Å². The molecule has 8 aromatic carbocycles. The second-order valence-electron chi connectivity index (χ2n) is 13.2. The molecule has 1 atom stereocenters. The number of rotatable bonds is 4. The molecule has 48 heavy (non-hydrogen) atoms. The van der Waals surface area contributed by atoms with Crippen molar-refractivity contribution in [3.8, 4) is 44.5 Å². The van der Waals surface area contributed by atoms with Gasteiger partial charge < -0.3 is 4.90 Å². The van der Waals surface area contributed by atoms with Crippen LogP contribution >= 0.6 is 0 Å². The maximum atomic E-state index is 2.50. The van der Waals surface area contributed by atoms with Crippen LogP contribution in [0.4, 0.5) is 17.1 Å². The molecule has 1 heteroatoms. The van der Waals surface area contributed by atoms with E-state index in [9.17, 15) is 0 Å². The number of para-hydroxylation sites is 2. The Balaban J connectivity index is 1.20. The summed E-state index contributed by atoms with van der Waals surface area (Å²) in [5, 5.41) is 2.51. The quantitative estimate of drug-likeness (QED) is 0.192. The molecule has 0 heterocycles. The van der Waals surface area contributed by atoms with E-state index in [0.717, 1.165) is 17.1 Å². The molecule has 0 saturated carbocycles. The fourth-order valence-electron chi connectivity index (χ4n) is 9.24. The average Bonchev–Trinajstić information content (AvgIpc) is 3.75. The molecule has 8 aromatic rings. The largest absolute Gasteiger partial charge is 0.310 e. The minimum atomic E-state index is -0.322. The molecule has 222 valence electrons. The molecule has 1 spiro atoms. The molecular formula is C47H29N. The summed E-state index contributed by atoms with van der Waals surface area (Å²) >= 11 is 0. The third-order valence-corrected chi connectivity index (χ3v) is 11.0. The Morgan fingerprint density at radius 3 is 1.67 bits per heavy atom. The molecule has 0 aromatic heterocycles. The molecule has 0 saturated heterocycles. The van der Waals surface area contributed by atoms with Gasteiger partial charge in [0.1, 0.15) is 0 Å². The molecule has 0 amide bonds. The van der Waals surface area contributed by atoms with Gasteiger partial charge >= 0.3 is 0 Å². The summed E-state index contributed by atoms with van der Waals surface area (Å²) in [6.07, 6.45) is 0. The van der Waals surface area contributed by atoms with Crippen LogP contribution in [0.5, 0.6) is 0 Å². The number of hydrogen-bond donors (Lipinski definition) is 0. The molecule has 3 aliphatic rings. The Bertz CT molecular complexity index is 2590. The summed E-state index contributed by atoms with van der Waals surface area (Å²) in [6.45, 7) is 0. The van der Waals surface area contributed by atoms with Crippen LogP contribution in [-0.4, -0.2) is 0 Å². The second kappa shape index (κ2) is 9.44. The Labute approximate surface area is 280 Å². The third kappa shape index (κ3) is 3.16. The lowest BCUT2D eigenvalue weighted by Gasteiger charge is -2.31. The summed E-state index contributed by atoms with van der Waals surface area (Å²) in [7, 11) is 0. The van der Waals surface area contributed by atoms with Gasteiger partial charge in [-0.25, -0.2) is 0 Å². The van der Waals surface area contributed by atoms with Crippen molar-refractivity contribution < 1.29 is 0 Å². The summed E-state index contributed by atoms with van der Waals surface area (Å²) < 4.78 is 0. The van der Waals surface area contributed by atoms with Gasteiger partial charge in [-0.1, -0.05) is 146 Å². The highest BCUT2D eigenvalue weighted by Crippen LogP contribution is 2.70. The van der Waals surface area contributed by atoms with Gasteiger partial charge in [-0.2, -0.15) is 0 Å². The van der Waals surface area contributed by atoms with E-state index >= 15 is 0 Å². The van der Waals surface area contributed by atoms with Crippen molar-refractivity contribution >= 4 is 27.8 Å². The normalized spacial score (nSPS) is 15.6. The van der Waals surface area contributed by atoms with Crippen molar-refractivity contribution in [3.63, 3.8) is 0 Å². The summed E-state index contributed by atoms with van der Waals surface area (Å²) in [5.41, 5.74) is 19.4. The molecule has 0 bridgehead atoms. The maximum absolute atomic E-state index is 2.50. The van der Waals surface area contributed by atoms with Gasteiger partial charge in [-0.3, -0.25) is 0 Å². The predicted octanol–water partition coefficient (Wildman–Crippen LogP) is 12.3. The van der Waals surface area contributed by atoms with Crippen LogP contribution in [0.1, 0.15) is 22.3 Å². The molecule has 11 rings (SSSR count). The van der Waals surface area contributed by atoms with Crippen LogP contribution in [-0.2, 0) is 5.41 Å². The highest BCUT2D eigenvalue weighted by Gasteiger charge is 2.57. The minimum absolute atomic E-state index is 0.322. The first-order valence-electron chi connectivity index (χ1n) is 16.8. The van der Waals surface area contributed by atoms with E-state index in [1.165, 1.54) is 77.5 Å². The van der Waals surface area contributed by atoms with Crippen molar-refractivity contribution in [2.75, 3.05) is 4.90 Å². The van der Waals surface area contributed by atoms with Gasteiger partial charge in [-0.15, -0.1) is 0 Å². The van der Waals surface area contributed by atoms with Crippen molar-refractivity contribution in [1.29, 1.82) is 0 Å². The zero-order chi connectivity index (χ0) is 31.4. The second-order valence-corrected chi connectivity index (χ2v) is 13.2. The van der Waals surface area contributed by atoms with Crippen LogP contribution in [0.25, 0.3) is 55.3 Å². The molecule has 1 unspecified atom stereocenters. The zero-order valence-electron chi connectivity index (χ0n) is 26.2. The van der Waals surface area contributed by atoms with Crippen LogP contribution in [0.3, 0.4) is 0 Å². The lowest BCUT2D eigenvalue weighted by molar-refractivity contribution is 0.818. The van der Waals surface area contributed by atoms with Crippen molar-refractivity contribution in [2.45, 2.75) is 5.41 Å². The molecular weight excluding hydrogens is 579 g/mol. The van der Waals surface area contributed by atoms with E-state index in [0.29, 0.717) is 0 Å². The Kier molecular flexibility index (Phi) is 5.10. The highest BCUT2D eigenvalue weighted by molar-refractivity contribution is 6.07. The monoisotopic (exact) mass is 607 g/mol. The summed E-state index contributed by atoms with van der Waals surface area (Å²) in [6, 6.07) is 65.2. The van der Waals surface area contributed by atoms with E-state index in [1.807, 2.05) is 0 Å². The lowest BCUT2D eigenvalue weighted by Crippen LogP contribution is -2.23. The van der Waals surface area contributed by atoms with Gasteiger partial charge in [0.15, 0.2) is 0 Å². The minimum Gasteiger partial charge on any atom is -0.310 e. The smallest absolute Gasteiger partial charge is 0.0738 e. The van der Waals surface area contributed by atoms with E-state index in [1.54, 1.807) is 0 Å². The molecule has 3 aliphatic carbocycles.